The number of halogens is 3. The van der Waals surface area contributed by atoms with Gasteiger partial charge in [0, 0.05) is 27.9 Å². The fourth-order valence-electron chi connectivity index (χ4n) is 4.13. The predicted molar refractivity (Wildman–Crippen MR) is 118 cm³/mol. The Balaban J connectivity index is 1.72. The smallest absolute Gasteiger partial charge is 0.272 e. The molecule has 7 nitrogen and oxygen atoms in total. The van der Waals surface area contributed by atoms with Gasteiger partial charge in [-0.25, -0.2) is 13.2 Å². The van der Waals surface area contributed by atoms with Crippen LogP contribution in [0.2, 0.25) is 0 Å². The van der Waals surface area contributed by atoms with Gasteiger partial charge in [0.1, 0.15) is 34.7 Å². The number of pyridine rings is 2. The first-order chi connectivity index (χ1) is 15.9. The Morgan fingerprint density at radius 3 is 2.76 bits per heavy atom. The fourth-order valence-corrected chi connectivity index (χ4v) is 4.13. The second kappa shape index (κ2) is 6.71. The van der Waals surface area contributed by atoms with E-state index < -0.39 is 22.9 Å². The lowest BCUT2D eigenvalue weighted by Crippen LogP contribution is -2.15. The Labute approximate surface area is 183 Å². The summed E-state index contributed by atoms with van der Waals surface area (Å²) in [6.07, 6.45) is 3.74. The number of anilines is 1. The summed E-state index contributed by atoms with van der Waals surface area (Å²) in [5.74, 6) is -1.92. The van der Waals surface area contributed by atoms with Gasteiger partial charge in [0.15, 0.2) is 11.6 Å². The number of hydrogen-bond donors (Lipinski definition) is 3. The Hall–Kier alpha value is -4.08. The average molecular weight is 451 g/mol. The van der Waals surface area contributed by atoms with Crippen LogP contribution in [-0.4, -0.2) is 32.4 Å². The Bertz CT molecular complexity index is 1660. The third-order valence-corrected chi connectivity index (χ3v) is 6.06. The van der Waals surface area contributed by atoms with Crippen LogP contribution in [0.3, 0.4) is 0 Å². The van der Waals surface area contributed by atoms with Gasteiger partial charge in [-0.2, -0.15) is 5.10 Å². The van der Waals surface area contributed by atoms with Gasteiger partial charge in [-0.15, -0.1) is 0 Å². The number of nitrogens with zero attached hydrogens (tertiary/aromatic N) is 2. The van der Waals surface area contributed by atoms with Gasteiger partial charge >= 0.3 is 0 Å². The number of alkyl halides is 1. The van der Waals surface area contributed by atoms with Crippen molar-refractivity contribution in [2.75, 3.05) is 12.3 Å². The lowest BCUT2D eigenvalue weighted by atomic mass is 9.95. The number of aromatic nitrogens is 4. The van der Waals surface area contributed by atoms with Gasteiger partial charge in [0.2, 0.25) is 0 Å². The highest BCUT2D eigenvalue weighted by atomic mass is 19.2. The molecule has 1 fully saturated rings. The first-order valence-corrected chi connectivity index (χ1v) is 10.2. The SMILES string of the molecule is Nc1c(-c2cc(F)c(F)c3[nH]ncc23)c2cc(OCC3(F)CC3)c3ncccc3c2[nH]c1=O. The van der Waals surface area contributed by atoms with Crippen LogP contribution >= 0.6 is 0 Å². The zero-order valence-electron chi connectivity index (χ0n) is 17.0. The van der Waals surface area contributed by atoms with E-state index in [1.54, 1.807) is 24.4 Å². The summed E-state index contributed by atoms with van der Waals surface area (Å²) in [6.45, 7) is -0.143. The molecule has 0 bridgehead atoms. The zero-order chi connectivity index (χ0) is 22.9. The van der Waals surface area contributed by atoms with Crippen LogP contribution < -0.4 is 16.0 Å². The molecule has 1 aliphatic rings. The Kier molecular flexibility index (Phi) is 3.98. The summed E-state index contributed by atoms with van der Waals surface area (Å²) in [4.78, 5) is 19.9. The minimum Gasteiger partial charge on any atom is -0.488 e. The van der Waals surface area contributed by atoms with E-state index >= 15 is 0 Å². The van der Waals surface area contributed by atoms with E-state index in [4.69, 9.17) is 10.5 Å². The third-order valence-electron chi connectivity index (χ3n) is 6.06. The van der Waals surface area contributed by atoms with Crippen LogP contribution in [0.25, 0.3) is 43.8 Å². The van der Waals surface area contributed by atoms with Gasteiger partial charge in [0.25, 0.3) is 5.56 Å². The maximum absolute atomic E-state index is 14.5. The fraction of sp³-hybridized carbons (Fsp3) is 0.174. The minimum atomic E-state index is -1.37. The molecule has 2 aromatic carbocycles. The molecule has 3 aromatic heterocycles. The lowest BCUT2D eigenvalue weighted by Gasteiger charge is -2.16. The number of aromatic amines is 2. The molecule has 0 spiro atoms. The average Bonchev–Trinajstić information content (AvgIpc) is 3.34. The normalized spacial score (nSPS) is 14.9. The van der Waals surface area contributed by atoms with Crippen molar-refractivity contribution in [1.29, 1.82) is 0 Å². The molecule has 4 N–H and O–H groups in total. The van der Waals surface area contributed by atoms with Crippen LogP contribution in [0.4, 0.5) is 18.9 Å². The lowest BCUT2D eigenvalue weighted by molar-refractivity contribution is 0.179. The molecule has 0 saturated heterocycles. The highest BCUT2D eigenvalue weighted by Gasteiger charge is 2.44. The number of rotatable bonds is 4. The number of ether oxygens (including phenoxy) is 1. The first-order valence-electron chi connectivity index (χ1n) is 10.2. The molecule has 10 heteroatoms. The van der Waals surface area contributed by atoms with Gasteiger partial charge in [-0.05, 0) is 42.7 Å². The molecule has 1 saturated carbocycles. The first kappa shape index (κ1) is 19.6. The van der Waals surface area contributed by atoms with E-state index in [0.29, 0.717) is 40.4 Å². The maximum Gasteiger partial charge on any atom is 0.272 e. The molecule has 33 heavy (non-hydrogen) atoms. The summed E-state index contributed by atoms with van der Waals surface area (Å²) in [5.41, 5.74) is 5.06. The van der Waals surface area contributed by atoms with Gasteiger partial charge < -0.3 is 15.5 Å². The summed E-state index contributed by atoms with van der Waals surface area (Å²) in [6, 6.07) is 5.98. The summed E-state index contributed by atoms with van der Waals surface area (Å²) >= 11 is 0. The molecule has 5 aromatic rings. The zero-order valence-corrected chi connectivity index (χ0v) is 17.0. The molecule has 6 rings (SSSR count). The number of hydrogen-bond acceptors (Lipinski definition) is 5. The summed E-state index contributed by atoms with van der Waals surface area (Å²) in [7, 11) is 0. The van der Waals surface area contributed by atoms with Gasteiger partial charge in [-0.1, -0.05) is 0 Å². The topological polar surface area (TPSA) is 110 Å². The van der Waals surface area contributed by atoms with Crippen LogP contribution in [0.1, 0.15) is 12.8 Å². The second-order valence-corrected chi connectivity index (χ2v) is 8.26. The number of nitrogens with two attached hydrogens (primary N) is 1. The van der Waals surface area contributed by atoms with Crippen LogP contribution in [0.15, 0.2) is 41.5 Å². The van der Waals surface area contributed by atoms with E-state index in [-0.39, 0.29) is 34.3 Å². The van der Waals surface area contributed by atoms with Crippen molar-refractivity contribution < 1.29 is 17.9 Å². The summed E-state index contributed by atoms with van der Waals surface area (Å²) < 4.78 is 48.9. The van der Waals surface area contributed by atoms with Gasteiger partial charge in [-0.3, -0.25) is 14.9 Å². The number of H-pyrrole nitrogens is 2. The van der Waals surface area contributed by atoms with Crippen molar-refractivity contribution in [2.24, 2.45) is 0 Å². The monoisotopic (exact) mass is 451 g/mol. The number of benzene rings is 2. The highest BCUT2D eigenvalue weighted by Crippen LogP contribution is 2.43. The standard InChI is InChI=1S/C23H16F3N5O2/c24-14-6-11(13-8-29-31-21(13)17(14)25)16-12-7-15(33-9-23(26)3-4-23)20-10(2-1-5-28-20)19(12)30-22(32)18(16)27/h1-2,5-8H,3-4,9,27H2,(H,29,31)(H,30,32). The van der Waals surface area contributed by atoms with Crippen molar-refractivity contribution in [1.82, 2.24) is 20.2 Å². The van der Waals surface area contributed by atoms with Crippen molar-refractivity contribution >= 4 is 38.4 Å². The minimum absolute atomic E-state index is 0.143. The van der Waals surface area contributed by atoms with Crippen LogP contribution in [-0.2, 0) is 0 Å². The molecular weight excluding hydrogens is 435 g/mol. The molecule has 166 valence electrons. The quantitative estimate of drug-likeness (QED) is 0.352. The number of nitrogen functional groups attached to an aromatic ring is 1. The van der Waals surface area contributed by atoms with E-state index in [1.165, 1.54) is 6.20 Å². The molecule has 0 aliphatic heterocycles. The van der Waals surface area contributed by atoms with Crippen molar-refractivity contribution in [3.05, 3.63) is 58.6 Å². The molecule has 1 aliphatic carbocycles. The van der Waals surface area contributed by atoms with E-state index in [0.717, 1.165) is 6.07 Å². The maximum atomic E-state index is 14.5. The van der Waals surface area contributed by atoms with Crippen molar-refractivity contribution in [3.8, 4) is 16.9 Å². The largest absolute Gasteiger partial charge is 0.488 e. The van der Waals surface area contributed by atoms with Gasteiger partial charge in [0.05, 0.1) is 11.7 Å². The Morgan fingerprint density at radius 1 is 1.15 bits per heavy atom. The molecular formula is C23H16F3N5O2. The second-order valence-electron chi connectivity index (χ2n) is 8.26. The van der Waals surface area contributed by atoms with Crippen LogP contribution in [0, 0.1) is 11.6 Å². The number of nitrogens with one attached hydrogen (secondary N) is 2. The molecule has 0 unspecified atom stereocenters. The molecule has 0 amide bonds. The highest BCUT2D eigenvalue weighted by molar-refractivity contribution is 6.15. The Morgan fingerprint density at radius 2 is 1.97 bits per heavy atom. The molecule has 0 atom stereocenters. The van der Waals surface area contributed by atoms with E-state index in [1.807, 2.05) is 0 Å². The van der Waals surface area contributed by atoms with E-state index in [2.05, 4.69) is 20.2 Å². The van der Waals surface area contributed by atoms with Crippen LogP contribution in [0.5, 0.6) is 5.75 Å². The number of fused-ring (bicyclic) bond motifs is 4. The van der Waals surface area contributed by atoms with Crippen molar-refractivity contribution in [3.63, 3.8) is 0 Å². The molecule has 0 radical (unpaired) electrons. The summed E-state index contributed by atoms with van der Waals surface area (Å²) in [5, 5.41) is 7.46. The van der Waals surface area contributed by atoms with Crippen molar-refractivity contribution in [2.45, 2.75) is 18.5 Å². The third kappa shape index (κ3) is 2.94. The van der Waals surface area contributed by atoms with E-state index in [9.17, 15) is 18.0 Å². The predicted octanol–water partition coefficient (Wildman–Crippen LogP) is 4.36. The molecule has 3 heterocycles.